The number of hydrogen-bond donors (Lipinski definition) is 1. The molecule has 8 aromatic rings. The van der Waals surface area contributed by atoms with Crippen LogP contribution in [0.5, 0.6) is 5.75 Å². The van der Waals surface area contributed by atoms with Crippen LogP contribution in [0.4, 0.5) is 0 Å². The molecule has 3 saturated carbocycles. The zero-order valence-corrected chi connectivity index (χ0v) is 38.3. The van der Waals surface area contributed by atoms with Gasteiger partial charge in [0.2, 0.25) is 0 Å². The van der Waals surface area contributed by atoms with Crippen LogP contribution in [-0.2, 0) is 21.7 Å². The molecule has 316 valence electrons. The molecule has 0 unspecified atom stereocenters. The largest absolute Gasteiger partial charge is 0.507 e. The normalized spacial score (nSPS) is 17.4. The lowest BCUT2D eigenvalue weighted by Crippen LogP contribution is -2.55. The van der Waals surface area contributed by atoms with Gasteiger partial charge in [-0.15, -0.1) is 0 Å². The van der Waals surface area contributed by atoms with Crippen molar-refractivity contribution in [3.63, 3.8) is 0 Å². The highest BCUT2D eigenvalue weighted by Crippen LogP contribution is 2.67. The molecule has 0 radical (unpaired) electrons. The van der Waals surface area contributed by atoms with Crippen LogP contribution < -0.4 is 0 Å². The Balaban J connectivity index is 1.26. The highest BCUT2D eigenvalue weighted by molar-refractivity contribution is 5.98. The summed E-state index contributed by atoms with van der Waals surface area (Å²) in [4.78, 5) is 10.7. The fourth-order valence-electron chi connectivity index (χ4n) is 10.0. The van der Waals surface area contributed by atoms with E-state index in [0.29, 0.717) is 5.75 Å². The Labute approximate surface area is 373 Å². The summed E-state index contributed by atoms with van der Waals surface area (Å²) in [7, 11) is 0. The number of aromatic nitrogens is 3. The molecule has 3 fully saturated rings. The number of rotatable bonds is 7. The van der Waals surface area contributed by atoms with Crippen molar-refractivity contribution in [2.45, 2.75) is 103 Å². The number of aromatic hydroxyl groups is 1. The minimum absolute atomic E-state index is 0.0476. The van der Waals surface area contributed by atoms with E-state index < -0.39 is 0 Å². The van der Waals surface area contributed by atoms with Crippen molar-refractivity contribution in [1.82, 2.24) is 14.5 Å². The number of benzene rings is 6. The van der Waals surface area contributed by atoms with Crippen molar-refractivity contribution in [2.75, 3.05) is 0 Å². The van der Waals surface area contributed by atoms with Gasteiger partial charge in [-0.1, -0.05) is 153 Å². The molecule has 4 heteroatoms. The summed E-state index contributed by atoms with van der Waals surface area (Å²) in [5.41, 5.74) is 16.9. The van der Waals surface area contributed by atoms with Crippen LogP contribution in [-0.4, -0.2) is 19.6 Å². The molecule has 0 amide bonds. The van der Waals surface area contributed by atoms with Gasteiger partial charge in [-0.05, 0) is 134 Å². The lowest BCUT2D eigenvalue weighted by atomic mass is 9.42. The van der Waals surface area contributed by atoms with Crippen LogP contribution in [0.25, 0.3) is 72.7 Å². The zero-order valence-electron chi connectivity index (χ0n) is 38.3. The Bertz CT molecular complexity index is 3030. The highest BCUT2D eigenvalue weighted by Gasteiger charge is 2.58. The Morgan fingerprint density at radius 2 is 1.14 bits per heavy atom. The maximum absolute atomic E-state index is 12.7. The summed E-state index contributed by atoms with van der Waals surface area (Å²) in [5, 5.41) is 12.7. The summed E-state index contributed by atoms with van der Waals surface area (Å²) >= 11 is 0. The molecule has 0 spiro atoms. The van der Waals surface area contributed by atoms with Crippen LogP contribution in [0, 0.1) is 5.92 Å². The summed E-state index contributed by atoms with van der Waals surface area (Å²) in [6, 6.07) is 50.5. The predicted octanol–water partition coefficient (Wildman–Crippen LogP) is 15.4. The van der Waals surface area contributed by atoms with Crippen molar-refractivity contribution >= 4 is 11.0 Å². The van der Waals surface area contributed by atoms with Crippen molar-refractivity contribution in [3.05, 3.63) is 168 Å². The molecule has 1 N–H and O–H groups in total. The highest BCUT2D eigenvalue weighted by atomic mass is 16.3. The van der Waals surface area contributed by atoms with Crippen molar-refractivity contribution in [1.29, 1.82) is 0 Å². The van der Waals surface area contributed by atoms with E-state index in [-0.39, 0.29) is 21.7 Å². The standard InChI is InChI=1S/C59H59N3O/c1-56(2,3)43-23-24-51(47(31-43)39-19-14-11-15-20-39)62-52-22-16-21-46(53(52)61-55(62)48-32-45(58(7,8)9)33-49(54(48)63)59-34-37(35-59)36-59)41-27-42(29-44(28-41)57(4,5)6)50-30-40(25-26-60-50)38-17-12-10-13-18-38/h10-33,37,63H,34-36H2,1-9H3. The first-order valence-corrected chi connectivity index (χ1v) is 22.7. The Kier molecular flexibility index (Phi) is 9.49. The Hall–Kier alpha value is -6.26. The van der Waals surface area contributed by atoms with E-state index in [4.69, 9.17) is 9.97 Å². The smallest absolute Gasteiger partial charge is 0.149 e. The van der Waals surface area contributed by atoms with E-state index in [1.807, 2.05) is 6.20 Å². The molecule has 0 aliphatic heterocycles. The van der Waals surface area contributed by atoms with Gasteiger partial charge in [0.15, 0.2) is 0 Å². The van der Waals surface area contributed by atoms with Crippen molar-refractivity contribution < 1.29 is 5.11 Å². The molecule has 6 aromatic carbocycles. The number of fused-ring (bicyclic) bond motifs is 1. The summed E-state index contributed by atoms with van der Waals surface area (Å²) in [5.74, 6) is 1.89. The average Bonchev–Trinajstić information content (AvgIpc) is 3.62. The SMILES string of the molecule is CC(C)(C)c1cc(-c2cc(-c3ccccc3)ccn2)cc(-c2cccc3c2nc(-c2cc(C(C)(C)C)cc(C45CC(C4)C5)c2O)n3-c2ccc(C(C)(C)C)cc2-c2ccccc2)c1. The summed E-state index contributed by atoms with van der Waals surface area (Å²) < 4.78 is 2.33. The zero-order chi connectivity index (χ0) is 44.1. The van der Waals surface area contributed by atoms with Gasteiger partial charge in [0.1, 0.15) is 11.6 Å². The molecule has 3 aliphatic rings. The third kappa shape index (κ3) is 7.18. The number of para-hydroxylation sites is 1. The van der Waals surface area contributed by atoms with Crippen molar-refractivity contribution in [3.8, 4) is 67.5 Å². The number of nitrogens with zero attached hydrogens (tertiary/aromatic N) is 3. The first-order valence-electron chi connectivity index (χ1n) is 22.7. The lowest BCUT2D eigenvalue weighted by molar-refractivity contribution is -0.0290. The van der Waals surface area contributed by atoms with E-state index in [1.165, 1.54) is 16.7 Å². The first-order chi connectivity index (χ1) is 30.0. The fraction of sp³-hybridized carbons (Fsp3) is 0.288. The van der Waals surface area contributed by atoms with Gasteiger partial charge in [0, 0.05) is 28.5 Å². The summed E-state index contributed by atoms with van der Waals surface area (Å²) in [6.45, 7) is 20.5. The van der Waals surface area contributed by atoms with Crippen molar-refractivity contribution in [2.24, 2.45) is 5.92 Å². The minimum Gasteiger partial charge on any atom is -0.507 e. The van der Waals surface area contributed by atoms with Gasteiger partial charge >= 0.3 is 0 Å². The maximum atomic E-state index is 12.7. The lowest BCUT2D eigenvalue weighted by Gasteiger charge is -2.62. The summed E-state index contributed by atoms with van der Waals surface area (Å²) in [6.07, 6.45) is 5.37. The van der Waals surface area contributed by atoms with Crippen LogP contribution in [0.1, 0.15) is 104 Å². The van der Waals surface area contributed by atoms with Gasteiger partial charge in [0.25, 0.3) is 0 Å². The van der Waals surface area contributed by atoms with E-state index in [9.17, 15) is 5.11 Å². The molecule has 63 heavy (non-hydrogen) atoms. The van der Waals surface area contributed by atoms with E-state index >= 15 is 0 Å². The third-order valence-corrected chi connectivity index (χ3v) is 14.0. The van der Waals surface area contributed by atoms with Crippen LogP contribution in [0.2, 0.25) is 0 Å². The monoisotopic (exact) mass is 825 g/mol. The molecule has 11 rings (SSSR count). The Morgan fingerprint density at radius 3 is 1.78 bits per heavy atom. The molecular weight excluding hydrogens is 767 g/mol. The minimum atomic E-state index is -0.137. The molecule has 0 atom stereocenters. The number of phenolic OH excluding ortho intramolecular Hbond substituents is 1. The number of hydrogen-bond acceptors (Lipinski definition) is 3. The second kappa shape index (κ2) is 14.7. The predicted molar refractivity (Wildman–Crippen MR) is 263 cm³/mol. The van der Waals surface area contributed by atoms with E-state index in [1.54, 1.807) is 0 Å². The third-order valence-electron chi connectivity index (χ3n) is 14.0. The number of phenols is 1. The molecule has 0 saturated heterocycles. The Morgan fingerprint density at radius 1 is 0.524 bits per heavy atom. The second-order valence-corrected chi connectivity index (χ2v) is 21.6. The van der Waals surface area contributed by atoms with Crippen LogP contribution in [0.3, 0.4) is 0 Å². The van der Waals surface area contributed by atoms with E-state index in [2.05, 4.69) is 206 Å². The maximum Gasteiger partial charge on any atom is 0.149 e. The molecule has 2 bridgehead atoms. The fourth-order valence-corrected chi connectivity index (χ4v) is 10.0. The van der Waals surface area contributed by atoms with Gasteiger partial charge in [-0.25, -0.2) is 4.98 Å². The number of pyridine rings is 1. The van der Waals surface area contributed by atoms with Crippen LogP contribution >= 0.6 is 0 Å². The number of imidazole rings is 1. The van der Waals surface area contributed by atoms with Gasteiger partial charge < -0.3 is 5.11 Å². The second-order valence-electron chi connectivity index (χ2n) is 21.6. The topological polar surface area (TPSA) is 50.9 Å². The molecule has 3 aliphatic carbocycles. The van der Waals surface area contributed by atoms with Gasteiger partial charge in [-0.2, -0.15) is 0 Å². The molecular formula is C59H59N3O. The quantitative estimate of drug-likeness (QED) is 0.174. The van der Waals surface area contributed by atoms with Gasteiger partial charge in [0.05, 0.1) is 28.0 Å². The molecule has 4 nitrogen and oxygen atoms in total. The van der Waals surface area contributed by atoms with Gasteiger partial charge in [-0.3, -0.25) is 9.55 Å². The molecule has 2 heterocycles. The first kappa shape index (κ1) is 40.8. The molecule has 2 aromatic heterocycles. The van der Waals surface area contributed by atoms with Crippen LogP contribution in [0.15, 0.2) is 146 Å². The average molecular weight is 826 g/mol. The van der Waals surface area contributed by atoms with E-state index in [0.717, 1.165) is 103 Å².